The first kappa shape index (κ1) is 24.7. The molecule has 1 unspecified atom stereocenters. The van der Waals surface area contributed by atoms with Crippen molar-refractivity contribution in [2.45, 2.75) is 83.3 Å². The van der Waals surface area contributed by atoms with Crippen molar-refractivity contribution < 1.29 is 27.8 Å². The van der Waals surface area contributed by atoms with E-state index in [2.05, 4.69) is 25.0 Å². The Hall–Kier alpha value is -1.38. The molecule has 0 aromatic rings. The highest BCUT2D eigenvalue weighted by atomic mass is 28.3. The van der Waals surface area contributed by atoms with Gasteiger partial charge in [-0.25, -0.2) is 18.4 Å². The molecule has 1 aliphatic carbocycles. The SMILES string of the molecule is CN(CC(CC1CC(F)(F)C1)NC(=O)OCC[Si](C)(C)C)C(=O)OC(C)(C)C. The number of halogens is 2. The molecule has 164 valence electrons. The molecule has 0 spiro atoms. The van der Waals surface area contributed by atoms with Crippen LogP contribution in [0.1, 0.15) is 40.0 Å². The highest BCUT2D eigenvalue weighted by Gasteiger charge is 2.46. The number of rotatable bonds is 8. The smallest absolute Gasteiger partial charge is 0.410 e. The average molecular weight is 423 g/mol. The monoisotopic (exact) mass is 422 g/mol. The van der Waals surface area contributed by atoms with Crippen LogP contribution in [0.2, 0.25) is 25.7 Å². The Kier molecular flexibility index (Phi) is 8.29. The fourth-order valence-corrected chi connectivity index (χ4v) is 3.65. The third-order valence-corrected chi connectivity index (χ3v) is 6.10. The number of amides is 2. The lowest BCUT2D eigenvalue weighted by Crippen LogP contribution is -2.48. The number of nitrogens with zero attached hydrogens (tertiary/aromatic N) is 1. The van der Waals surface area contributed by atoms with Crippen LogP contribution in [0.3, 0.4) is 0 Å². The predicted molar refractivity (Wildman–Crippen MR) is 108 cm³/mol. The largest absolute Gasteiger partial charge is 0.450 e. The van der Waals surface area contributed by atoms with Crippen LogP contribution in [0.4, 0.5) is 18.4 Å². The Morgan fingerprint density at radius 2 is 1.82 bits per heavy atom. The van der Waals surface area contributed by atoms with Crippen molar-refractivity contribution in [1.82, 2.24) is 10.2 Å². The van der Waals surface area contributed by atoms with Gasteiger partial charge in [0.15, 0.2) is 0 Å². The summed E-state index contributed by atoms with van der Waals surface area (Å²) in [6, 6.07) is 0.371. The highest BCUT2D eigenvalue weighted by Crippen LogP contribution is 2.44. The van der Waals surface area contributed by atoms with E-state index in [4.69, 9.17) is 9.47 Å². The summed E-state index contributed by atoms with van der Waals surface area (Å²) in [7, 11) is 0.239. The molecule has 1 atom stereocenters. The standard InChI is InChI=1S/C19H36F2N2O4Si/c1-18(2,3)27-17(25)23(4)13-15(10-14-11-19(20,21)12-14)22-16(24)26-8-9-28(5,6)7/h14-15H,8-13H2,1-7H3,(H,22,24). The predicted octanol–water partition coefficient (Wildman–Crippen LogP) is 4.72. The van der Waals surface area contributed by atoms with Crippen LogP contribution in [0.15, 0.2) is 0 Å². The van der Waals surface area contributed by atoms with E-state index in [0.29, 0.717) is 13.0 Å². The molecule has 0 aromatic heterocycles. The summed E-state index contributed by atoms with van der Waals surface area (Å²) in [4.78, 5) is 25.7. The van der Waals surface area contributed by atoms with Crippen LogP contribution in [0.5, 0.6) is 0 Å². The van der Waals surface area contributed by atoms with Gasteiger partial charge in [-0.15, -0.1) is 0 Å². The normalized spacial score (nSPS) is 18.0. The van der Waals surface area contributed by atoms with Crippen LogP contribution in [0.25, 0.3) is 0 Å². The Balaban J connectivity index is 2.60. The molecule has 1 saturated carbocycles. The maximum absolute atomic E-state index is 13.2. The van der Waals surface area contributed by atoms with E-state index < -0.39 is 37.8 Å². The molecule has 0 radical (unpaired) electrons. The Morgan fingerprint density at radius 3 is 2.29 bits per heavy atom. The molecular weight excluding hydrogens is 386 g/mol. The van der Waals surface area contributed by atoms with E-state index in [1.165, 1.54) is 4.90 Å². The van der Waals surface area contributed by atoms with Gasteiger partial charge in [0, 0.05) is 34.5 Å². The van der Waals surface area contributed by atoms with E-state index in [9.17, 15) is 18.4 Å². The van der Waals surface area contributed by atoms with Crippen LogP contribution >= 0.6 is 0 Å². The quantitative estimate of drug-likeness (QED) is 0.575. The molecule has 28 heavy (non-hydrogen) atoms. The van der Waals surface area contributed by atoms with Crippen molar-refractivity contribution in [2.24, 2.45) is 5.92 Å². The first-order valence-corrected chi connectivity index (χ1v) is 13.5. The van der Waals surface area contributed by atoms with Gasteiger partial charge in [-0.05, 0) is 39.2 Å². The van der Waals surface area contributed by atoms with Gasteiger partial charge in [0.25, 0.3) is 0 Å². The third kappa shape index (κ3) is 10.2. The first-order valence-electron chi connectivity index (χ1n) is 9.81. The molecule has 9 heteroatoms. The highest BCUT2D eigenvalue weighted by molar-refractivity contribution is 6.76. The summed E-state index contributed by atoms with van der Waals surface area (Å²) in [6.45, 7) is 12.3. The van der Waals surface area contributed by atoms with Crippen molar-refractivity contribution >= 4 is 20.3 Å². The fraction of sp³-hybridized carbons (Fsp3) is 0.895. The van der Waals surface area contributed by atoms with Crippen LogP contribution in [-0.2, 0) is 9.47 Å². The second-order valence-electron chi connectivity index (χ2n) is 10.0. The number of nitrogens with one attached hydrogen (secondary N) is 1. The fourth-order valence-electron chi connectivity index (χ4n) is 2.94. The van der Waals surface area contributed by atoms with E-state index in [1.807, 2.05) is 0 Å². The van der Waals surface area contributed by atoms with E-state index in [-0.39, 0.29) is 25.3 Å². The molecule has 0 bridgehead atoms. The number of carbonyl (C=O) groups excluding carboxylic acids is 2. The van der Waals surface area contributed by atoms with Gasteiger partial charge in [0.2, 0.25) is 5.92 Å². The van der Waals surface area contributed by atoms with Crippen molar-refractivity contribution in [3.8, 4) is 0 Å². The molecule has 0 aliphatic heterocycles. The summed E-state index contributed by atoms with van der Waals surface area (Å²) in [6.07, 6.45) is -1.11. The number of ether oxygens (including phenoxy) is 2. The van der Waals surface area contributed by atoms with Crippen molar-refractivity contribution in [3.63, 3.8) is 0 Å². The average Bonchev–Trinajstić information content (AvgIpc) is 2.41. The van der Waals surface area contributed by atoms with Gasteiger partial charge in [0.05, 0.1) is 12.6 Å². The minimum Gasteiger partial charge on any atom is -0.450 e. The van der Waals surface area contributed by atoms with Gasteiger partial charge in [0.1, 0.15) is 5.60 Å². The van der Waals surface area contributed by atoms with E-state index in [1.54, 1.807) is 27.8 Å². The summed E-state index contributed by atoms with van der Waals surface area (Å²) in [5.74, 6) is -2.81. The van der Waals surface area contributed by atoms with Crippen molar-refractivity contribution in [3.05, 3.63) is 0 Å². The lowest BCUT2D eigenvalue weighted by atomic mass is 9.77. The molecule has 0 aromatic carbocycles. The number of hydrogen-bond acceptors (Lipinski definition) is 4. The summed E-state index contributed by atoms with van der Waals surface area (Å²) in [5.41, 5.74) is -0.639. The number of alkyl carbamates (subject to hydrolysis) is 1. The maximum atomic E-state index is 13.2. The van der Waals surface area contributed by atoms with E-state index >= 15 is 0 Å². The third-order valence-electron chi connectivity index (χ3n) is 4.40. The molecule has 2 amide bonds. The second kappa shape index (κ2) is 9.41. The maximum Gasteiger partial charge on any atom is 0.410 e. The van der Waals surface area contributed by atoms with Crippen LogP contribution in [-0.4, -0.2) is 62.9 Å². The molecule has 1 aliphatic rings. The molecule has 0 heterocycles. The van der Waals surface area contributed by atoms with Crippen LogP contribution < -0.4 is 5.32 Å². The molecule has 1 fully saturated rings. The summed E-state index contributed by atoms with van der Waals surface area (Å²) < 4.78 is 36.9. The van der Waals surface area contributed by atoms with Gasteiger partial charge in [-0.3, -0.25) is 0 Å². The van der Waals surface area contributed by atoms with Gasteiger partial charge >= 0.3 is 12.2 Å². The van der Waals surface area contributed by atoms with Gasteiger partial charge in [-0.1, -0.05) is 19.6 Å². The lowest BCUT2D eigenvalue weighted by Gasteiger charge is -2.37. The second-order valence-corrected chi connectivity index (χ2v) is 15.6. The topological polar surface area (TPSA) is 67.9 Å². The molecule has 1 N–H and O–H groups in total. The van der Waals surface area contributed by atoms with Gasteiger partial charge in [-0.2, -0.15) is 0 Å². The Morgan fingerprint density at radius 1 is 1.25 bits per heavy atom. The van der Waals surface area contributed by atoms with Crippen LogP contribution in [0, 0.1) is 5.92 Å². The zero-order chi connectivity index (χ0) is 21.8. The van der Waals surface area contributed by atoms with Crippen molar-refractivity contribution in [1.29, 1.82) is 0 Å². The molecular formula is C19H36F2N2O4Si. The Labute approximate surface area is 168 Å². The number of likely N-dealkylation sites (N-methyl/N-ethyl adjacent to an activating group) is 1. The van der Waals surface area contributed by atoms with Gasteiger partial charge < -0.3 is 19.7 Å². The zero-order valence-corrected chi connectivity index (χ0v) is 19.2. The molecule has 0 saturated heterocycles. The summed E-state index contributed by atoms with van der Waals surface area (Å²) in [5, 5.41) is 2.74. The minimum atomic E-state index is -2.62. The number of alkyl halides is 2. The first-order chi connectivity index (χ1) is 12.6. The molecule has 1 rings (SSSR count). The van der Waals surface area contributed by atoms with E-state index in [0.717, 1.165) is 6.04 Å². The lowest BCUT2D eigenvalue weighted by molar-refractivity contribution is -0.114. The number of hydrogen-bond donors (Lipinski definition) is 1. The minimum absolute atomic E-state index is 0.167. The zero-order valence-electron chi connectivity index (χ0n) is 18.2. The Bertz CT molecular complexity index is 539. The van der Waals surface area contributed by atoms with Crippen molar-refractivity contribution in [2.75, 3.05) is 20.2 Å². The number of carbonyl (C=O) groups is 2. The molecule has 6 nitrogen and oxygen atoms in total. The summed E-state index contributed by atoms with van der Waals surface area (Å²) >= 11 is 0.